The number of ketones is 1. The quantitative estimate of drug-likeness (QED) is 0.404. The van der Waals surface area contributed by atoms with E-state index in [1.807, 2.05) is 13.0 Å². The predicted octanol–water partition coefficient (Wildman–Crippen LogP) is 4.44. The lowest BCUT2D eigenvalue weighted by atomic mass is 10.1. The van der Waals surface area contributed by atoms with Gasteiger partial charge in [-0.3, -0.25) is 0 Å². The molecule has 0 fully saturated rings. The Balaban J connectivity index is 3.08. The molecule has 0 spiro atoms. The summed E-state index contributed by atoms with van der Waals surface area (Å²) >= 11 is 0. The number of unbranched alkanes of at least 4 members (excludes halogenated alkanes) is 5. The Hall–Kier alpha value is -0.850. The third-order valence-electron chi connectivity index (χ3n) is 2.34. The smallest absolute Gasteiger partial charge is 0.129 e. The van der Waals surface area contributed by atoms with Crippen molar-refractivity contribution in [3.8, 4) is 0 Å². The second-order valence-electron chi connectivity index (χ2n) is 3.96. The molecule has 0 aromatic heterocycles. The zero-order chi connectivity index (χ0) is 11.4. The van der Waals surface area contributed by atoms with E-state index >= 15 is 0 Å². The fraction of sp³-hybridized carbons (Fsp3) is 0.643. The van der Waals surface area contributed by atoms with Gasteiger partial charge in [0.25, 0.3) is 0 Å². The minimum Gasteiger partial charge on any atom is -0.300 e. The highest BCUT2D eigenvalue weighted by molar-refractivity contribution is 5.75. The molecule has 0 atom stereocenters. The van der Waals surface area contributed by atoms with Crippen LogP contribution in [0.1, 0.15) is 58.8 Å². The van der Waals surface area contributed by atoms with Crippen LogP contribution >= 0.6 is 0 Å². The Morgan fingerprint density at radius 3 is 2.33 bits per heavy atom. The zero-order valence-corrected chi connectivity index (χ0v) is 10.2. The standard InChI is InChI=1S/C14H24O/c1-3-4-5-6-7-8-9-10-11-12-13-14(2)15/h3-6H,7-13H2,1-2H3/b4-3+,6-5+. The molecule has 0 aromatic rings. The van der Waals surface area contributed by atoms with Gasteiger partial charge in [-0.15, -0.1) is 0 Å². The molecule has 0 aliphatic carbocycles. The van der Waals surface area contributed by atoms with Crippen molar-refractivity contribution in [3.63, 3.8) is 0 Å². The lowest BCUT2D eigenvalue weighted by molar-refractivity contribution is -0.117. The lowest BCUT2D eigenvalue weighted by Gasteiger charge is -1.98. The van der Waals surface area contributed by atoms with Crippen molar-refractivity contribution in [1.82, 2.24) is 0 Å². The average molecular weight is 208 g/mol. The highest BCUT2D eigenvalue weighted by Gasteiger charge is 1.93. The van der Waals surface area contributed by atoms with Gasteiger partial charge in [-0.25, -0.2) is 0 Å². The average Bonchev–Trinajstić information content (AvgIpc) is 2.20. The van der Waals surface area contributed by atoms with Crippen LogP contribution in [0.15, 0.2) is 24.3 Å². The van der Waals surface area contributed by atoms with Gasteiger partial charge < -0.3 is 4.79 Å². The molecule has 0 aromatic carbocycles. The van der Waals surface area contributed by atoms with Crippen LogP contribution in [0.2, 0.25) is 0 Å². The van der Waals surface area contributed by atoms with Crippen molar-refractivity contribution in [2.24, 2.45) is 0 Å². The molecule has 0 radical (unpaired) electrons. The fourth-order valence-electron chi connectivity index (χ4n) is 1.45. The van der Waals surface area contributed by atoms with Crippen LogP contribution in [0.3, 0.4) is 0 Å². The summed E-state index contributed by atoms with van der Waals surface area (Å²) in [6, 6.07) is 0. The van der Waals surface area contributed by atoms with E-state index in [0.29, 0.717) is 5.78 Å². The molecule has 1 heteroatoms. The maximum atomic E-state index is 10.7. The molecule has 0 aliphatic rings. The summed E-state index contributed by atoms with van der Waals surface area (Å²) < 4.78 is 0. The topological polar surface area (TPSA) is 17.1 Å². The van der Waals surface area contributed by atoms with E-state index < -0.39 is 0 Å². The van der Waals surface area contributed by atoms with Crippen molar-refractivity contribution in [1.29, 1.82) is 0 Å². The summed E-state index contributed by atoms with van der Waals surface area (Å²) in [6.45, 7) is 3.70. The van der Waals surface area contributed by atoms with Gasteiger partial charge in [0.05, 0.1) is 0 Å². The number of carbonyl (C=O) groups excluding carboxylic acids is 1. The van der Waals surface area contributed by atoms with Crippen molar-refractivity contribution in [2.75, 3.05) is 0 Å². The number of hydrogen-bond donors (Lipinski definition) is 0. The van der Waals surface area contributed by atoms with Crippen LogP contribution in [0, 0.1) is 0 Å². The van der Waals surface area contributed by atoms with E-state index in [4.69, 9.17) is 0 Å². The van der Waals surface area contributed by atoms with Crippen LogP contribution in [0.5, 0.6) is 0 Å². The predicted molar refractivity (Wildman–Crippen MR) is 67.0 cm³/mol. The first-order valence-electron chi connectivity index (χ1n) is 6.04. The number of hydrogen-bond acceptors (Lipinski definition) is 1. The van der Waals surface area contributed by atoms with E-state index in [2.05, 4.69) is 18.2 Å². The van der Waals surface area contributed by atoms with Gasteiger partial charge in [0.15, 0.2) is 0 Å². The van der Waals surface area contributed by atoms with Crippen molar-refractivity contribution in [2.45, 2.75) is 58.8 Å². The monoisotopic (exact) mass is 208 g/mol. The molecule has 0 heterocycles. The van der Waals surface area contributed by atoms with E-state index in [1.54, 1.807) is 6.92 Å². The third-order valence-corrected chi connectivity index (χ3v) is 2.34. The number of Topliss-reactive ketones (excluding diaryl/α,β-unsaturated/α-hetero) is 1. The van der Waals surface area contributed by atoms with Crippen molar-refractivity contribution < 1.29 is 4.79 Å². The lowest BCUT2D eigenvalue weighted by Crippen LogP contribution is -1.89. The molecular weight excluding hydrogens is 184 g/mol. The van der Waals surface area contributed by atoms with Crippen LogP contribution in [0.4, 0.5) is 0 Å². The molecular formula is C14H24O. The number of rotatable bonds is 9. The summed E-state index contributed by atoms with van der Waals surface area (Å²) in [7, 11) is 0. The Morgan fingerprint density at radius 1 is 1.00 bits per heavy atom. The molecule has 0 bridgehead atoms. The van der Waals surface area contributed by atoms with E-state index in [-0.39, 0.29) is 0 Å². The Bertz CT molecular complexity index is 201. The largest absolute Gasteiger partial charge is 0.300 e. The summed E-state index contributed by atoms with van der Waals surface area (Å²) in [6.07, 6.45) is 16.5. The maximum absolute atomic E-state index is 10.7. The second kappa shape index (κ2) is 11.2. The first kappa shape index (κ1) is 14.2. The van der Waals surface area contributed by atoms with Crippen molar-refractivity contribution in [3.05, 3.63) is 24.3 Å². The normalized spacial score (nSPS) is 11.6. The van der Waals surface area contributed by atoms with E-state index in [9.17, 15) is 4.79 Å². The molecule has 0 unspecified atom stereocenters. The fourth-order valence-corrected chi connectivity index (χ4v) is 1.45. The highest BCUT2D eigenvalue weighted by atomic mass is 16.1. The molecule has 0 amide bonds. The maximum Gasteiger partial charge on any atom is 0.129 e. The summed E-state index contributed by atoms with van der Waals surface area (Å²) in [5, 5.41) is 0. The van der Waals surface area contributed by atoms with Gasteiger partial charge in [0.1, 0.15) is 5.78 Å². The Labute approximate surface area is 94.3 Å². The summed E-state index contributed by atoms with van der Waals surface area (Å²) in [4.78, 5) is 10.7. The van der Waals surface area contributed by atoms with Crippen molar-refractivity contribution >= 4 is 5.78 Å². The van der Waals surface area contributed by atoms with Crippen LogP contribution in [-0.2, 0) is 4.79 Å². The van der Waals surface area contributed by atoms with Gasteiger partial charge in [0.2, 0.25) is 0 Å². The molecule has 0 N–H and O–H groups in total. The Morgan fingerprint density at radius 2 is 1.67 bits per heavy atom. The van der Waals surface area contributed by atoms with Crippen LogP contribution < -0.4 is 0 Å². The SMILES string of the molecule is C/C=C/C=C/CCCCCCCC(C)=O. The minimum atomic E-state index is 0.323. The third kappa shape index (κ3) is 13.2. The second-order valence-corrected chi connectivity index (χ2v) is 3.96. The number of carbonyl (C=O) groups is 1. The molecule has 0 saturated carbocycles. The number of allylic oxidation sites excluding steroid dienone is 4. The molecule has 15 heavy (non-hydrogen) atoms. The molecule has 86 valence electrons. The first-order valence-corrected chi connectivity index (χ1v) is 6.04. The molecule has 0 saturated heterocycles. The van der Waals surface area contributed by atoms with Crippen LogP contribution in [-0.4, -0.2) is 5.78 Å². The van der Waals surface area contributed by atoms with Gasteiger partial charge >= 0.3 is 0 Å². The van der Waals surface area contributed by atoms with E-state index in [1.165, 1.54) is 32.1 Å². The highest BCUT2D eigenvalue weighted by Crippen LogP contribution is 2.07. The van der Waals surface area contributed by atoms with Gasteiger partial charge in [-0.05, 0) is 33.1 Å². The van der Waals surface area contributed by atoms with Crippen LogP contribution in [0.25, 0.3) is 0 Å². The van der Waals surface area contributed by atoms with Gasteiger partial charge in [-0.1, -0.05) is 43.6 Å². The summed E-state index contributed by atoms with van der Waals surface area (Å²) in [5.74, 6) is 0.323. The van der Waals surface area contributed by atoms with Gasteiger partial charge in [0, 0.05) is 6.42 Å². The zero-order valence-electron chi connectivity index (χ0n) is 10.2. The van der Waals surface area contributed by atoms with E-state index in [0.717, 1.165) is 12.8 Å². The Kier molecular flexibility index (Phi) is 10.6. The summed E-state index contributed by atoms with van der Waals surface area (Å²) in [5.41, 5.74) is 0. The molecule has 0 rings (SSSR count). The molecule has 0 aliphatic heterocycles. The minimum absolute atomic E-state index is 0.323. The van der Waals surface area contributed by atoms with Gasteiger partial charge in [-0.2, -0.15) is 0 Å². The molecule has 1 nitrogen and oxygen atoms in total. The first-order chi connectivity index (χ1) is 7.27.